The molecule has 0 radical (unpaired) electrons. The number of piperidine rings is 1. The Bertz CT molecular complexity index is 983. The number of carbonyl (C=O) groups is 1. The van der Waals surface area contributed by atoms with E-state index in [4.69, 9.17) is 4.74 Å². The smallest absolute Gasteiger partial charge is 0.256 e. The van der Waals surface area contributed by atoms with Gasteiger partial charge in [-0.3, -0.25) is 4.79 Å². The van der Waals surface area contributed by atoms with E-state index in [1.807, 2.05) is 24.3 Å². The molecule has 0 spiro atoms. The molecule has 4 rings (SSSR count). The third kappa shape index (κ3) is 3.58. The summed E-state index contributed by atoms with van der Waals surface area (Å²) in [5.41, 5.74) is -0.115. The number of hydrogen-bond donors (Lipinski definition) is 0. The van der Waals surface area contributed by atoms with E-state index < -0.39 is 17.5 Å². The van der Waals surface area contributed by atoms with Crippen molar-refractivity contribution in [1.82, 2.24) is 15.1 Å². The van der Waals surface area contributed by atoms with E-state index in [2.05, 4.69) is 10.2 Å². The molecule has 1 aliphatic rings. The normalized spacial score (nSPS) is 15.1. The van der Waals surface area contributed by atoms with Crippen LogP contribution in [0.2, 0.25) is 0 Å². The molecule has 3 aromatic rings. The van der Waals surface area contributed by atoms with Gasteiger partial charge in [-0.25, -0.2) is 8.78 Å². The summed E-state index contributed by atoms with van der Waals surface area (Å²) in [5.74, 6) is -1.50. The average molecular weight is 369 g/mol. The second-order valence-electron chi connectivity index (χ2n) is 6.47. The van der Waals surface area contributed by atoms with Gasteiger partial charge in [-0.2, -0.15) is 5.10 Å². The molecule has 1 amide bonds. The zero-order valence-electron chi connectivity index (χ0n) is 14.4. The number of hydrogen-bond acceptors (Lipinski definition) is 4. The molecule has 138 valence electrons. The quantitative estimate of drug-likeness (QED) is 0.708. The highest BCUT2D eigenvalue weighted by Crippen LogP contribution is 2.25. The minimum absolute atomic E-state index is 0.104. The fourth-order valence-electron chi connectivity index (χ4n) is 3.26. The summed E-state index contributed by atoms with van der Waals surface area (Å²) in [6.07, 6.45) is 2.77. The number of ether oxygens (including phenoxy) is 1. The molecular weight excluding hydrogens is 352 g/mol. The monoisotopic (exact) mass is 369 g/mol. The van der Waals surface area contributed by atoms with Crippen molar-refractivity contribution >= 4 is 16.7 Å². The number of halogens is 2. The van der Waals surface area contributed by atoms with Crippen LogP contribution in [0.1, 0.15) is 23.2 Å². The maximum absolute atomic E-state index is 13.8. The third-order valence-electron chi connectivity index (χ3n) is 4.71. The summed E-state index contributed by atoms with van der Waals surface area (Å²) >= 11 is 0. The zero-order chi connectivity index (χ0) is 18.8. The van der Waals surface area contributed by atoms with Gasteiger partial charge in [-0.05, 0) is 18.2 Å². The predicted octanol–water partition coefficient (Wildman–Crippen LogP) is 3.59. The Morgan fingerprint density at radius 2 is 1.89 bits per heavy atom. The maximum Gasteiger partial charge on any atom is 0.256 e. The van der Waals surface area contributed by atoms with E-state index in [0.29, 0.717) is 31.8 Å². The molecule has 0 saturated carbocycles. The number of carbonyl (C=O) groups excluding carboxylic acids is 1. The lowest BCUT2D eigenvalue weighted by molar-refractivity contribution is 0.0585. The Morgan fingerprint density at radius 3 is 2.67 bits per heavy atom. The first kappa shape index (κ1) is 17.3. The molecule has 1 saturated heterocycles. The van der Waals surface area contributed by atoms with Crippen LogP contribution in [0.5, 0.6) is 5.88 Å². The molecule has 2 heterocycles. The maximum atomic E-state index is 13.8. The van der Waals surface area contributed by atoms with Crippen LogP contribution in [-0.2, 0) is 0 Å². The lowest BCUT2D eigenvalue weighted by Gasteiger charge is -2.32. The van der Waals surface area contributed by atoms with Gasteiger partial charge in [0.05, 0.1) is 11.8 Å². The van der Waals surface area contributed by atoms with Crippen molar-refractivity contribution in [3.63, 3.8) is 0 Å². The van der Waals surface area contributed by atoms with Crippen LogP contribution in [0.3, 0.4) is 0 Å². The molecule has 0 aliphatic carbocycles. The van der Waals surface area contributed by atoms with Gasteiger partial charge >= 0.3 is 0 Å². The third-order valence-corrected chi connectivity index (χ3v) is 4.71. The number of rotatable bonds is 3. The Hall–Kier alpha value is -3.09. The second kappa shape index (κ2) is 7.26. The van der Waals surface area contributed by atoms with Crippen LogP contribution in [-0.4, -0.2) is 40.2 Å². The largest absolute Gasteiger partial charge is 0.473 e. The molecule has 0 atom stereocenters. The van der Waals surface area contributed by atoms with Crippen LogP contribution < -0.4 is 4.74 Å². The fourth-order valence-corrected chi connectivity index (χ4v) is 3.26. The van der Waals surface area contributed by atoms with Crippen molar-refractivity contribution in [2.24, 2.45) is 0 Å². The number of likely N-dealkylation sites (tertiary alicyclic amines) is 1. The van der Waals surface area contributed by atoms with E-state index in [0.717, 1.165) is 22.9 Å². The predicted molar refractivity (Wildman–Crippen MR) is 95.4 cm³/mol. The number of fused-ring (bicyclic) bond motifs is 1. The van der Waals surface area contributed by atoms with Gasteiger partial charge in [-0.15, -0.1) is 5.10 Å². The lowest BCUT2D eigenvalue weighted by Crippen LogP contribution is -2.42. The van der Waals surface area contributed by atoms with Gasteiger partial charge in [-0.1, -0.05) is 18.2 Å². The van der Waals surface area contributed by atoms with E-state index in [1.54, 1.807) is 11.1 Å². The zero-order valence-corrected chi connectivity index (χ0v) is 14.4. The summed E-state index contributed by atoms with van der Waals surface area (Å²) in [6, 6.07) is 10.7. The average Bonchev–Trinajstić information content (AvgIpc) is 2.68. The summed E-state index contributed by atoms with van der Waals surface area (Å²) in [4.78, 5) is 14.0. The first-order valence-electron chi connectivity index (χ1n) is 8.73. The van der Waals surface area contributed by atoms with Crippen molar-refractivity contribution < 1.29 is 18.3 Å². The van der Waals surface area contributed by atoms with Crippen LogP contribution in [0, 0.1) is 11.6 Å². The van der Waals surface area contributed by atoms with Gasteiger partial charge in [0.1, 0.15) is 17.7 Å². The topological polar surface area (TPSA) is 55.3 Å². The Morgan fingerprint density at radius 1 is 1.11 bits per heavy atom. The van der Waals surface area contributed by atoms with E-state index in [9.17, 15) is 13.6 Å². The van der Waals surface area contributed by atoms with Crippen LogP contribution >= 0.6 is 0 Å². The van der Waals surface area contributed by atoms with Crippen molar-refractivity contribution in [3.8, 4) is 5.88 Å². The van der Waals surface area contributed by atoms with Crippen LogP contribution in [0.25, 0.3) is 10.8 Å². The Balaban J connectivity index is 1.42. The number of aromatic nitrogens is 2. The van der Waals surface area contributed by atoms with Crippen molar-refractivity contribution in [3.05, 3.63) is 65.9 Å². The first-order chi connectivity index (χ1) is 13.1. The highest BCUT2D eigenvalue weighted by atomic mass is 19.1. The standard InChI is InChI=1S/C20H17F2N3O2/c21-14-5-6-17(18(22)11-14)20(26)25-9-7-15(8-10-25)27-19-16-4-2-1-3-13(16)12-23-24-19/h1-6,11-12,15H,7-10H2. The lowest BCUT2D eigenvalue weighted by atomic mass is 10.1. The fraction of sp³-hybridized carbons (Fsp3) is 0.250. The van der Waals surface area contributed by atoms with E-state index in [1.165, 1.54) is 6.07 Å². The van der Waals surface area contributed by atoms with Gasteiger partial charge in [0.25, 0.3) is 5.91 Å². The summed E-state index contributed by atoms with van der Waals surface area (Å²) in [7, 11) is 0. The molecule has 1 fully saturated rings. The van der Waals surface area contributed by atoms with Gasteiger partial charge in [0.2, 0.25) is 5.88 Å². The van der Waals surface area contributed by atoms with Crippen LogP contribution in [0.4, 0.5) is 8.78 Å². The van der Waals surface area contributed by atoms with E-state index in [-0.39, 0.29) is 11.7 Å². The van der Waals surface area contributed by atoms with Gasteiger partial charge in [0.15, 0.2) is 0 Å². The molecule has 5 nitrogen and oxygen atoms in total. The molecule has 27 heavy (non-hydrogen) atoms. The molecule has 1 aliphatic heterocycles. The van der Waals surface area contributed by atoms with Crippen molar-refractivity contribution in [2.45, 2.75) is 18.9 Å². The number of benzene rings is 2. The number of nitrogens with zero attached hydrogens (tertiary/aromatic N) is 3. The Kier molecular flexibility index (Phi) is 4.66. The van der Waals surface area contributed by atoms with E-state index >= 15 is 0 Å². The van der Waals surface area contributed by atoms with Gasteiger partial charge in [0, 0.05) is 42.8 Å². The molecule has 0 bridgehead atoms. The minimum Gasteiger partial charge on any atom is -0.473 e. The van der Waals surface area contributed by atoms with Crippen LogP contribution in [0.15, 0.2) is 48.7 Å². The molecule has 7 heteroatoms. The molecular formula is C20H17F2N3O2. The highest BCUT2D eigenvalue weighted by molar-refractivity contribution is 5.94. The molecule has 2 aromatic carbocycles. The molecule has 1 aromatic heterocycles. The Labute approximate surface area is 154 Å². The van der Waals surface area contributed by atoms with Gasteiger partial charge < -0.3 is 9.64 Å². The SMILES string of the molecule is O=C(c1ccc(F)cc1F)N1CCC(Oc2nncc3ccccc23)CC1. The summed E-state index contributed by atoms with van der Waals surface area (Å²) in [5, 5.41) is 9.89. The minimum atomic E-state index is -0.843. The number of amides is 1. The second-order valence-corrected chi connectivity index (χ2v) is 6.47. The van der Waals surface area contributed by atoms with Crippen molar-refractivity contribution in [2.75, 3.05) is 13.1 Å². The molecule has 0 N–H and O–H groups in total. The highest BCUT2D eigenvalue weighted by Gasteiger charge is 2.27. The first-order valence-corrected chi connectivity index (χ1v) is 8.73. The summed E-state index contributed by atoms with van der Waals surface area (Å²) in [6.45, 7) is 0.858. The molecule has 0 unspecified atom stereocenters. The summed E-state index contributed by atoms with van der Waals surface area (Å²) < 4.78 is 32.9. The van der Waals surface area contributed by atoms with Crippen molar-refractivity contribution in [1.29, 1.82) is 0 Å².